The number of hydrogen-bond donors (Lipinski definition) is 3. The molecule has 0 fully saturated rings. The van der Waals surface area contributed by atoms with Crippen LogP contribution in [0, 0.1) is 5.41 Å². The maximum absolute atomic E-state index is 10.2. The number of nitrogens with two attached hydrogens (primary N) is 1. The van der Waals surface area contributed by atoms with Gasteiger partial charge < -0.3 is 16.2 Å². The van der Waals surface area contributed by atoms with Gasteiger partial charge in [-0.05, 0) is 12.1 Å². The highest BCUT2D eigenvalue weighted by molar-refractivity contribution is 6.11. The van der Waals surface area contributed by atoms with Gasteiger partial charge in [0, 0.05) is 17.3 Å². The molecule has 0 bridgehead atoms. The molecule has 0 radical (unpaired) electrons. The Bertz CT molecular complexity index is 397. The smallest absolute Gasteiger partial charge is 0.328 e. The molecule has 4 heteroatoms. The molecular weight excluding hydrogens is 180 g/mol. The molecule has 0 aromatic heterocycles. The number of aliphatic carboxylic acids is 1. The predicted octanol–water partition coefficient (Wildman–Crippen LogP) is 1.28. The van der Waals surface area contributed by atoms with Crippen molar-refractivity contribution in [3.63, 3.8) is 0 Å². The van der Waals surface area contributed by atoms with E-state index in [4.69, 9.17) is 16.2 Å². The number of carbonyl (C=O) groups is 1. The standard InChI is InChI=1S/C10H10N2O2/c11-8-4-2-1-3-7(8)9(12)5-6-10(13)14/h1-6,12H,11H2,(H,13,14)/b6-5+,12-9?. The topological polar surface area (TPSA) is 87.2 Å². The van der Waals surface area contributed by atoms with E-state index in [0.717, 1.165) is 6.08 Å². The quantitative estimate of drug-likeness (QED) is 0.381. The summed E-state index contributed by atoms with van der Waals surface area (Å²) < 4.78 is 0. The van der Waals surface area contributed by atoms with Crippen LogP contribution in [0.2, 0.25) is 0 Å². The first kappa shape index (κ1) is 9.98. The van der Waals surface area contributed by atoms with E-state index in [9.17, 15) is 4.79 Å². The van der Waals surface area contributed by atoms with Crippen molar-refractivity contribution in [1.29, 1.82) is 5.41 Å². The Morgan fingerprint density at radius 1 is 1.36 bits per heavy atom. The Kier molecular flexibility index (Phi) is 3.01. The van der Waals surface area contributed by atoms with E-state index >= 15 is 0 Å². The van der Waals surface area contributed by atoms with Gasteiger partial charge in [-0.3, -0.25) is 0 Å². The number of benzene rings is 1. The van der Waals surface area contributed by atoms with E-state index in [2.05, 4.69) is 0 Å². The Balaban J connectivity index is 2.91. The molecule has 0 heterocycles. The number of nitrogen functional groups attached to an aromatic ring is 1. The van der Waals surface area contributed by atoms with Gasteiger partial charge in [-0.15, -0.1) is 0 Å². The molecule has 0 aliphatic carbocycles. The average molecular weight is 190 g/mol. The van der Waals surface area contributed by atoms with Gasteiger partial charge in [0.15, 0.2) is 0 Å². The third-order valence-electron chi connectivity index (χ3n) is 1.64. The molecule has 0 aliphatic rings. The highest BCUT2D eigenvalue weighted by atomic mass is 16.4. The molecule has 0 spiro atoms. The minimum absolute atomic E-state index is 0.0884. The minimum atomic E-state index is -1.08. The van der Waals surface area contributed by atoms with Crippen molar-refractivity contribution in [2.75, 3.05) is 5.73 Å². The molecule has 4 nitrogen and oxygen atoms in total. The second-order valence-corrected chi connectivity index (χ2v) is 2.67. The molecule has 1 aromatic carbocycles. The molecule has 0 saturated heterocycles. The van der Waals surface area contributed by atoms with Gasteiger partial charge in [0.1, 0.15) is 0 Å². The molecular formula is C10H10N2O2. The fraction of sp³-hybridized carbons (Fsp3) is 0. The summed E-state index contributed by atoms with van der Waals surface area (Å²) >= 11 is 0. The molecule has 4 N–H and O–H groups in total. The largest absolute Gasteiger partial charge is 0.478 e. The molecule has 1 rings (SSSR count). The summed E-state index contributed by atoms with van der Waals surface area (Å²) in [6.45, 7) is 0. The van der Waals surface area contributed by atoms with E-state index in [1.54, 1.807) is 24.3 Å². The Hall–Kier alpha value is -2.10. The normalized spacial score (nSPS) is 10.3. The maximum atomic E-state index is 10.2. The number of para-hydroxylation sites is 1. The monoisotopic (exact) mass is 190 g/mol. The van der Waals surface area contributed by atoms with Gasteiger partial charge in [0.25, 0.3) is 0 Å². The molecule has 1 aromatic rings. The van der Waals surface area contributed by atoms with Gasteiger partial charge in [0.05, 0.1) is 5.71 Å². The van der Waals surface area contributed by atoms with Crippen LogP contribution in [-0.2, 0) is 4.79 Å². The number of allylic oxidation sites excluding steroid dienone is 1. The number of nitrogens with one attached hydrogen (secondary N) is 1. The number of carboxylic acid groups (broad SMARTS) is 1. The summed E-state index contributed by atoms with van der Waals surface area (Å²) in [5.74, 6) is -1.08. The van der Waals surface area contributed by atoms with E-state index in [1.807, 2.05) is 0 Å². The van der Waals surface area contributed by atoms with Gasteiger partial charge in [-0.2, -0.15) is 0 Å². The summed E-state index contributed by atoms with van der Waals surface area (Å²) in [4.78, 5) is 10.2. The first-order valence-corrected chi connectivity index (χ1v) is 3.95. The van der Waals surface area contributed by atoms with Crippen LogP contribution in [0.25, 0.3) is 0 Å². The molecule has 0 unspecified atom stereocenters. The second kappa shape index (κ2) is 4.23. The Morgan fingerprint density at radius 2 is 2.00 bits per heavy atom. The third-order valence-corrected chi connectivity index (χ3v) is 1.64. The van der Waals surface area contributed by atoms with Crippen molar-refractivity contribution in [2.45, 2.75) is 0 Å². The number of carboxylic acids is 1. The number of anilines is 1. The zero-order valence-electron chi connectivity index (χ0n) is 7.40. The van der Waals surface area contributed by atoms with Crippen LogP contribution in [0.15, 0.2) is 36.4 Å². The average Bonchev–Trinajstić information content (AvgIpc) is 2.15. The summed E-state index contributed by atoms with van der Waals surface area (Å²) in [7, 11) is 0. The van der Waals surface area contributed by atoms with Crippen LogP contribution in [-0.4, -0.2) is 16.8 Å². The number of hydrogen-bond acceptors (Lipinski definition) is 3. The van der Waals surface area contributed by atoms with Crippen molar-refractivity contribution in [3.8, 4) is 0 Å². The molecule has 14 heavy (non-hydrogen) atoms. The summed E-state index contributed by atoms with van der Waals surface area (Å²) in [6.07, 6.45) is 2.11. The van der Waals surface area contributed by atoms with Crippen molar-refractivity contribution in [2.24, 2.45) is 0 Å². The lowest BCUT2D eigenvalue weighted by Crippen LogP contribution is -2.01. The molecule has 0 amide bonds. The van der Waals surface area contributed by atoms with Gasteiger partial charge in [-0.25, -0.2) is 4.79 Å². The van der Waals surface area contributed by atoms with Crippen molar-refractivity contribution >= 4 is 17.4 Å². The zero-order valence-corrected chi connectivity index (χ0v) is 7.40. The first-order chi connectivity index (χ1) is 6.61. The van der Waals surface area contributed by atoms with Crippen LogP contribution in [0.5, 0.6) is 0 Å². The van der Waals surface area contributed by atoms with Gasteiger partial charge in [0.2, 0.25) is 0 Å². The lowest BCUT2D eigenvalue weighted by Gasteiger charge is -2.01. The molecule has 72 valence electrons. The Labute approximate surface area is 81.2 Å². The SMILES string of the molecule is N=C(/C=C/C(=O)O)c1ccccc1N. The molecule has 0 atom stereocenters. The van der Waals surface area contributed by atoms with Gasteiger partial charge in [-0.1, -0.05) is 18.2 Å². The summed E-state index contributed by atoms with van der Waals surface area (Å²) in [5.41, 5.74) is 6.69. The van der Waals surface area contributed by atoms with E-state index in [0.29, 0.717) is 11.3 Å². The summed E-state index contributed by atoms with van der Waals surface area (Å²) in [6, 6.07) is 6.84. The van der Waals surface area contributed by atoms with Crippen LogP contribution in [0.1, 0.15) is 5.56 Å². The maximum Gasteiger partial charge on any atom is 0.328 e. The van der Waals surface area contributed by atoms with Gasteiger partial charge >= 0.3 is 5.97 Å². The lowest BCUT2D eigenvalue weighted by atomic mass is 10.1. The van der Waals surface area contributed by atoms with Crippen molar-refractivity contribution < 1.29 is 9.90 Å². The minimum Gasteiger partial charge on any atom is -0.478 e. The summed E-state index contributed by atoms with van der Waals surface area (Å²) in [5, 5.41) is 15.9. The Morgan fingerprint density at radius 3 is 2.57 bits per heavy atom. The van der Waals surface area contributed by atoms with Crippen LogP contribution < -0.4 is 5.73 Å². The molecule has 0 aliphatic heterocycles. The molecule has 0 saturated carbocycles. The van der Waals surface area contributed by atoms with E-state index < -0.39 is 5.97 Å². The van der Waals surface area contributed by atoms with E-state index in [1.165, 1.54) is 6.08 Å². The number of rotatable bonds is 3. The third kappa shape index (κ3) is 2.45. The predicted molar refractivity (Wildman–Crippen MR) is 54.5 cm³/mol. The zero-order chi connectivity index (χ0) is 10.6. The second-order valence-electron chi connectivity index (χ2n) is 2.67. The van der Waals surface area contributed by atoms with Crippen molar-refractivity contribution in [1.82, 2.24) is 0 Å². The van der Waals surface area contributed by atoms with Crippen LogP contribution in [0.4, 0.5) is 5.69 Å². The van der Waals surface area contributed by atoms with E-state index in [-0.39, 0.29) is 5.71 Å². The first-order valence-electron chi connectivity index (χ1n) is 3.95. The fourth-order valence-corrected chi connectivity index (χ4v) is 0.987. The lowest BCUT2D eigenvalue weighted by molar-refractivity contribution is -0.131. The fourth-order valence-electron chi connectivity index (χ4n) is 0.987. The van der Waals surface area contributed by atoms with Crippen LogP contribution >= 0.6 is 0 Å². The van der Waals surface area contributed by atoms with Crippen LogP contribution in [0.3, 0.4) is 0 Å². The highest BCUT2D eigenvalue weighted by Gasteiger charge is 2.01. The van der Waals surface area contributed by atoms with Crippen molar-refractivity contribution in [3.05, 3.63) is 42.0 Å². The highest BCUT2D eigenvalue weighted by Crippen LogP contribution is 2.11.